The topological polar surface area (TPSA) is 115 Å². The number of amides is 1. The molecular weight excluding hydrogens is 380 g/mol. The van der Waals surface area contributed by atoms with E-state index >= 15 is 0 Å². The highest BCUT2D eigenvalue weighted by atomic mass is 32.1. The minimum absolute atomic E-state index is 0.0564. The first kappa shape index (κ1) is 16.8. The Morgan fingerprint density at radius 2 is 2.29 bits per heavy atom. The highest BCUT2D eigenvalue weighted by Gasteiger charge is 2.35. The Hall–Kier alpha value is -3.34. The molecule has 1 aliphatic heterocycles. The van der Waals surface area contributed by atoms with Gasteiger partial charge in [0.15, 0.2) is 27.9 Å². The number of carbonyl (C=O) groups excluding carboxylic acids is 1. The second-order valence-electron chi connectivity index (χ2n) is 6.38. The number of thiazole rings is 1. The average Bonchev–Trinajstić information content (AvgIpc) is 3.40. The Morgan fingerprint density at radius 1 is 1.39 bits per heavy atom. The van der Waals surface area contributed by atoms with E-state index in [1.54, 1.807) is 17.0 Å². The molecular formula is C17H16N8O2S. The number of furan rings is 1. The second kappa shape index (κ2) is 6.68. The van der Waals surface area contributed by atoms with Crippen LogP contribution in [0.3, 0.4) is 0 Å². The first-order chi connectivity index (χ1) is 13.7. The van der Waals surface area contributed by atoms with Crippen LogP contribution in [0, 0.1) is 5.92 Å². The molecule has 28 heavy (non-hydrogen) atoms. The summed E-state index contributed by atoms with van der Waals surface area (Å²) in [4.78, 5) is 27.5. The number of fused-ring (bicyclic) bond motifs is 1. The number of aromatic nitrogens is 6. The summed E-state index contributed by atoms with van der Waals surface area (Å²) in [6, 6.07) is 3.64. The van der Waals surface area contributed by atoms with Gasteiger partial charge < -0.3 is 14.6 Å². The van der Waals surface area contributed by atoms with Gasteiger partial charge in [-0.1, -0.05) is 5.21 Å². The van der Waals surface area contributed by atoms with Gasteiger partial charge in [-0.25, -0.2) is 19.6 Å². The fraction of sp³-hybridized carbons (Fsp3) is 0.294. The SMILES string of the molecule is CCn1nnc2c(N3CC(C(=O)Nc4nc(-c5ccco5)cs4)C3)ncnc21. The van der Waals surface area contributed by atoms with E-state index in [1.807, 2.05) is 23.3 Å². The van der Waals surface area contributed by atoms with Crippen molar-refractivity contribution in [3.8, 4) is 11.5 Å². The molecule has 0 bridgehead atoms. The summed E-state index contributed by atoms with van der Waals surface area (Å²) in [6.07, 6.45) is 3.10. The van der Waals surface area contributed by atoms with Crippen molar-refractivity contribution in [2.45, 2.75) is 13.5 Å². The molecule has 142 valence electrons. The van der Waals surface area contributed by atoms with Crippen molar-refractivity contribution in [2.24, 2.45) is 5.92 Å². The van der Waals surface area contributed by atoms with Crippen LogP contribution in [0.2, 0.25) is 0 Å². The molecule has 0 aromatic carbocycles. The second-order valence-corrected chi connectivity index (χ2v) is 7.24. The van der Waals surface area contributed by atoms with Crippen LogP contribution in [-0.2, 0) is 11.3 Å². The van der Waals surface area contributed by atoms with Crippen molar-refractivity contribution in [3.05, 3.63) is 30.1 Å². The van der Waals surface area contributed by atoms with Gasteiger partial charge in [0, 0.05) is 25.0 Å². The lowest BCUT2D eigenvalue weighted by atomic mass is 9.99. The van der Waals surface area contributed by atoms with Crippen molar-refractivity contribution in [2.75, 3.05) is 23.3 Å². The molecule has 11 heteroatoms. The quantitative estimate of drug-likeness (QED) is 0.545. The zero-order chi connectivity index (χ0) is 19.1. The largest absolute Gasteiger partial charge is 0.463 e. The maximum Gasteiger partial charge on any atom is 0.232 e. The van der Waals surface area contributed by atoms with Crippen LogP contribution in [-0.4, -0.2) is 48.9 Å². The highest BCUT2D eigenvalue weighted by Crippen LogP contribution is 2.29. The molecule has 4 aromatic heterocycles. The van der Waals surface area contributed by atoms with Crippen LogP contribution in [0.25, 0.3) is 22.6 Å². The zero-order valence-corrected chi connectivity index (χ0v) is 15.8. The van der Waals surface area contributed by atoms with Gasteiger partial charge in [-0.3, -0.25) is 4.79 Å². The number of hydrogen-bond acceptors (Lipinski definition) is 9. The number of anilines is 2. The van der Waals surface area contributed by atoms with Gasteiger partial charge in [0.1, 0.15) is 12.0 Å². The summed E-state index contributed by atoms with van der Waals surface area (Å²) >= 11 is 1.37. The van der Waals surface area contributed by atoms with Crippen LogP contribution in [0.4, 0.5) is 10.9 Å². The van der Waals surface area contributed by atoms with Crippen LogP contribution < -0.4 is 10.2 Å². The van der Waals surface area contributed by atoms with E-state index in [-0.39, 0.29) is 11.8 Å². The third-order valence-corrected chi connectivity index (χ3v) is 5.40. The highest BCUT2D eigenvalue weighted by molar-refractivity contribution is 7.14. The van der Waals surface area contributed by atoms with Crippen LogP contribution in [0.5, 0.6) is 0 Å². The Kier molecular flexibility index (Phi) is 4.01. The van der Waals surface area contributed by atoms with Crippen molar-refractivity contribution >= 4 is 39.4 Å². The molecule has 1 N–H and O–H groups in total. The first-order valence-electron chi connectivity index (χ1n) is 8.82. The van der Waals surface area contributed by atoms with Crippen molar-refractivity contribution < 1.29 is 9.21 Å². The number of nitrogens with one attached hydrogen (secondary N) is 1. The number of carbonyl (C=O) groups is 1. The van der Waals surface area contributed by atoms with E-state index in [9.17, 15) is 4.79 Å². The minimum Gasteiger partial charge on any atom is -0.463 e. The third kappa shape index (κ3) is 2.80. The molecule has 1 amide bonds. The molecule has 4 aromatic rings. The Morgan fingerprint density at radius 3 is 3.07 bits per heavy atom. The number of nitrogens with zero attached hydrogens (tertiary/aromatic N) is 7. The predicted molar refractivity (Wildman–Crippen MR) is 103 cm³/mol. The molecule has 10 nitrogen and oxygen atoms in total. The molecule has 0 atom stereocenters. The van der Waals surface area contributed by atoms with E-state index < -0.39 is 0 Å². The van der Waals surface area contributed by atoms with E-state index in [2.05, 4.69) is 30.6 Å². The van der Waals surface area contributed by atoms with Crippen molar-refractivity contribution in [1.29, 1.82) is 0 Å². The van der Waals surface area contributed by atoms with Crippen molar-refractivity contribution in [1.82, 2.24) is 29.9 Å². The Balaban J connectivity index is 1.25. The molecule has 5 heterocycles. The number of aryl methyl sites for hydroxylation is 1. The van der Waals surface area contributed by atoms with E-state index in [4.69, 9.17) is 4.42 Å². The zero-order valence-electron chi connectivity index (χ0n) is 14.9. The molecule has 5 rings (SSSR count). The van der Waals surface area contributed by atoms with Gasteiger partial charge in [0.2, 0.25) is 5.91 Å². The maximum absolute atomic E-state index is 12.5. The normalized spacial score (nSPS) is 14.4. The standard InChI is InChI=1S/C17H16N8O2S/c1-2-25-15-13(22-23-25)14(18-9-19-15)24-6-10(7-24)16(26)21-17-20-11(8-28-17)12-4-3-5-27-12/h3-5,8-10H,2,6-7H2,1H3,(H,20,21,26). The van der Waals surface area contributed by atoms with E-state index in [0.717, 1.165) is 0 Å². The van der Waals surface area contributed by atoms with Crippen LogP contribution >= 0.6 is 11.3 Å². The summed E-state index contributed by atoms with van der Waals surface area (Å²) in [7, 11) is 0. The lowest BCUT2D eigenvalue weighted by molar-refractivity contribution is -0.120. The van der Waals surface area contributed by atoms with Gasteiger partial charge in [-0.05, 0) is 19.1 Å². The average molecular weight is 396 g/mol. The molecule has 0 unspecified atom stereocenters. The fourth-order valence-electron chi connectivity index (χ4n) is 3.12. The van der Waals surface area contributed by atoms with Crippen LogP contribution in [0.15, 0.2) is 34.5 Å². The van der Waals surface area contributed by atoms with E-state index in [0.29, 0.717) is 53.2 Å². The van der Waals surface area contributed by atoms with Gasteiger partial charge in [-0.15, -0.1) is 16.4 Å². The summed E-state index contributed by atoms with van der Waals surface area (Å²) in [5, 5.41) is 13.6. The lowest BCUT2D eigenvalue weighted by Crippen LogP contribution is -2.52. The molecule has 1 aliphatic rings. The fourth-order valence-corrected chi connectivity index (χ4v) is 3.82. The molecule has 0 radical (unpaired) electrons. The molecule has 0 spiro atoms. The smallest absolute Gasteiger partial charge is 0.232 e. The minimum atomic E-state index is -0.137. The summed E-state index contributed by atoms with van der Waals surface area (Å²) in [6.45, 7) is 3.79. The monoisotopic (exact) mass is 396 g/mol. The molecule has 1 fully saturated rings. The van der Waals surface area contributed by atoms with Crippen molar-refractivity contribution in [3.63, 3.8) is 0 Å². The lowest BCUT2D eigenvalue weighted by Gasteiger charge is -2.38. The van der Waals surface area contributed by atoms with E-state index in [1.165, 1.54) is 17.7 Å². The maximum atomic E-state index is 12.5. The van der Waals surface area contributed by atoms with Crippen LogP contribution in [0.1, 0.15) is 6.92 Å². The Bertz CT molecular complexity index is 1130. The summed E-state index contributed by atoms with van der Waals surface area (Å²) in [5.41, 5.74) is 2.07. The third-order valence-electron chi connectivity index (χ3n) is 4.64. The van der Waals surface area contributed by atoms with Gasteiger partial charge in [-0.2, -0.15) is 0 Å². The predicted octanol–water partition coefficient (Wildman–Crippen LogP) is 2.03. The molecule has 1 saturated heterocycles. The van der Waals surface area contributed by atoms with Gasteiger partial charge in [0.05, 0.1) is 12.2 Å². The van der Waals surface area contributed by atoms with Gasteiger partial charge >= 0.3 is 0 Å². The number of rotatable bonds is 5. The number of hydrogen-bond donors (Lipinski definition) is 1. The summed E-state index contributed by atoms with van der Waals surface area (Å²) < 4.78 is 7.05. The molecule has 0 aliphatic carbocycles. The van der Waals surface area contributed by atoms with Gasteiger partial charge in [0.25, 0.3) is 0 Å². The Labute approximate surface area is 163 Å². The molecule has 0 saturated carbocycles. The first-order valence-corrected chi connectivity index (χ1v) is 9.70. The summed E-state index contributed by atoms with van der Waals surface area (Å²) in [5.74, 6) is 1.20.